The van der Waals surface area contributed by atoms with E-state index in [1.165, 1.54) is 10.4 Å². The Kier molecular flexibility index (Phi) is 5.59. The molecule has 1 atom stereocenters. The number of halogens is 4. The highest BCUT2D eigenvalue weighted by Gasteiger charge is 2.32. The maximum atomic E-state index is 12.4. The quantitative estimate of drug-likeness (QED) is 0.880. The summed E-state index contributed by atoms with van der Waals surface area (Å²) in [6, 6.07) is 1.82. The number of hydrogen-bond donors (Lipinski definition) is 1. The van der Waals surface area contributed by atoms with E-state index in [9.17, 15) is 21.6 Å². The summed E-state index contributed by atoms with van der Waals surface area (Å²) in [7, 11) is -3.31. The second-order valence-electron chi connectivity index (χ2n) is 4.60. The summed E-state index contributed by atoms with van der Waals surface area (Å²) < 4.78 is 61.6. The molecule has 0 bridgehead atoms. The van der Waals surface area contributed by atoms with Crippen LogP contribution >= 0.6 is 12.4 Å². The summed E-state index contributed by atoms with van der Waals surface area (Å²) in [5.41, 5.74) is -0.427. The summed E-state index contributed by atoms with van der Waals surface area (Å²) in [6.45, 7) is 0.938. The molecular formula is C11H15ClF3N3O2S. The Morgan fingerprint density at radius 2 is 2.05 bits per heavy atom. The normalized spacial score (nSPS) is 20.9. The average Bonchev–Trinajstić information content (AvgIpc) is 2.37. The number of nitrogens with one attached hydrogen (secondary N) is 1. The molecule has 0 amide bonds. The van der Waals surface area contributed by atoms with Crippen LogP contribution in [0.5, 0.6) is 0 Å². The fourth-order valence-corrected chi connectivity index (χ4v) is 2.84. The molecule has 0 aliphatic carbocycles. The van der Waals surface area contributed by atoms with Gasteiger partial charge in [0.15, 0.2) is 0 Å². The van der Waals surface area contributed by atoms with E-state index in [0.717, 1.165) is 18.5 Å². The Morgan fingerprint density at radius 3 is 2.52 bits per heavy atom. The molecule has 120 valence electrons. The highest BCUT2D eigenvalue weighted by atomic mass is 35.5. The van der Waals surface area contributed by atoms with Crippen LogP contribution in [-0.4, -0.2) is 43.6 Å². The van der Waals surface area contributed by atoms with Gasteiger partial charge in [0.1, 0.15) is 0 Å². The minimum atomic E-state index is -4.43. The molecule has 0 spiro atoms. The van der Waals surface area contributed by atoms with Crippen LogP contribution < -0.4 is 5.32 Å². The van der Waals surface area contributed by atoms with Crippen LogP contribution in [0.1, 0.15) is 17.3 Å². The number of sulfonamides is 1. The van der Waals surface area contributed by atoms with Crippen molar-refractivity contribution in [3.8, 4) is 0 Å². The van der Waals surface area contributed by atoms with Gasteiger partial charge >= 0.3 is 6.18 Å². The molecule has 1 N–H and O–H groups in total. The van der Waals surface area contributed by atoms with E-state index >= 15 is 0 Å². The van der Waals surface area contributed by atoms with Gasteiger partial charge in [0, 0.05) is 25.8 Å². The molecule has 0 radical (unpaired) electrons. The summed E-state index contributed by atoms with van der Waals surface area (Å²) in [5, 5.41) is 3.05. The van der Waals surface area contributed by atoms with Crippen molar-refractivity contribution in [2.45, 2.75) is 12.2 Å². The van der Waals surface area contributed by atoms with E-state index in [-0.39, 0.29) is 19.0 Å². The number of nitrogens with zero attached hydrogens (tertiary/aromatic N) is 2. The van der Waals surface area contributed by atoms with Gasteiger partial charge in [-0.1, -0.05) is 0 Å². The fraction of sp³-hybridized carbons (Fsp3) is 0.545. The summed E-state index contributed by atoms with van der Waals surface area (Å²) in [6.07, 6.45) is -2.56. The predicted octanol–water partition coefficient (Wildman–Crippen LogP) is 1.43. The lowest BCUT2D eigenvalue weighted by molar-refractivity contribution is -0.137. The third-order valence-corrected chi connectivity index (χ3v) is 4.35. The number of alkyl halides is 3. The number of hydrogen-bond acceptors (Lipinski definition) is 4. The van der Waals surface area contributed by atoms with Crippen LogP contribution in [0.2, 0.25) is 0 Å². The van der Waals surface area contributed by atoms with E-state index in [1.54, 1.807) is 0 Å². The molecule has 2 rings (SSSR count). The molecule has 10 heteroatoms. The lowest BCUT2D eigenvalue weighted by Crippen LogP contribution is -2.48. The second-order valence-corrected chi connectivity index (χ2v) is 6.58. The molecule has 1 aliphatic rings. The largest absolute Gasteiger partial charge is 0.417 e. The van der Waals surface area contributed by atoms with Crippen LogP contribution in [-0.2, 0) is 16.2 Å². The van der Waals surface area contributed by atoms with Crippen LogP contribution in [0.4, 0.5) is 13.2 Å². The first kappa shape index (κ1) is 18.1. The van der Waals surface area contributed by atoms with Crippen molar-refractivity contribution in [2.24, 2.45) is 0 Å². The van der Waals surface area contributed by atoms with E-state index < -0.39 is 27.8 Å². The zero-order chi connectivity index (χ0) is 15.0. The highest BCUT2D eigenvalue weighted by Crippen LogP contribution is 2.29. The van der Waals surface area contributed by atoms with Crippen LogP contribution in [0.25, 0.3) is 0 Å². The van der Waals surface area contributed by atoms with Gasteiger partial charge < -0.3 is 5.32 Å². The molecule has 2 heterocycles. The van der Waals surface area contributed by atoms with Gasteiger partial charge in [0.25, 0.3) is 0 Å². The summed E-state index contributed by atoms with van der Waals surface area (Å²) in [5.74, 6) is 0. The second kappa shape index (κ2) is 6.47. The zero-order valence-electron chi connectivity index (χ0n) is 11.1. The third kappa shape index (κ3) is 4.53. The molecule has 1 aliphatic heterocycles. The fourth-order valence-electron chi connectivity index (χ4n) is 2.00. The first-order chi connectivity index (χ1) is 9.18. The summed E-state index contributed by atoms with van der Waals surface area (Å²) >= 11 is 0. The van der Waals surface area contributed by atoms with Crippen molar-refractivity contribution >= 4 is 22.4 Å². The van der Waals surface area contributed by atoms with Gasteiger partial charge in [-0.15, -0.1) is 12.4 Å². The van der Waals surface area contributed by atoms with Crippen molar-refractivity contribution < 1.29 is 21.6 Å². The van der Waals surface area contributed by atoms with E-state index in [4.69, 9.17) is 0 Å². The third-order valence-electron chi connectivity index (χ3n) is 3.08. The lowest BCUT2D eigenvalue weighted by Gasteiger charge is -2.31. The van der Waals surface area contributed by atoms with Gasteiger partial charge in [-0.05, 0) is 12.1 Å². The molecule has 0 aromatic carbocycles. The molecule has 21 heavy (non-hydrogen) atoms. The van der Waals surface area contributed by atoms with Gasteiger partial charge in [0.05, 0.1) is 23.6 Å². The smallest absolute Gasteiger partial charge is 0.306 e. The van der Waals surface area contributed by atoms with Gasteiger partial charge in [-0.3, -0.25) is 4.98 Å². The van der Waals surface area contributed by atoms with Crippen molar-refractivity contribution in [2.75, 3.05) is 25.9 Å². The van der Waals surface area contributed by atoms with E-state index in [0.29, 0.717) is 18.8 Å². The topological polar surface area (TPSA) is 62.3 Å². The molecule has 1 aromatic rings. The minimum Gasteiger partial charge on any atom is -0.306 e. The molecular weight excluding hydrogens is 331 g/mol. The maximum Gasteiger partial charge on any atom is 0.417 e. The van der Waals surface area contributed by atoms with Crippen molar-refractivity contribution in [3.05, 3.63) is 29.6 Å². The first-order valence-electron chi connectivity index (χ1n) is 5.89. The number of pyridine rings is 1. The Balaban J connectivity index is 0.00000220. The highest BCUT2D eigenvalue weighted by molar-refractivity contribution is 7.88. The number of piperazine rings is 1. The molecule has 1 saturated heterocycles. The van der Waals surface area contributed by atoms with Crippen molar-refractivity contribution in [1.29, 1.82) is 0 Å². The van der Waals surface area contributed by atoms with Gasteiger partial charge in [-0.25, -0.2) is 8.42 Å². The van der Waals surface area contributed by atoms with Crippen LogP contribution in [0, 0.1) is 0 Å². The predicted molar refractivity (Wildman–Crippen MR) is 73.6 cm³/mol. The maximum absolute atomic E-state index is 12.4. The zero-order valence-corrected chi connectivity index (χ0v) is 12.7. The van der Waals surface area contributed by atoms with E-state index in [2.05, 4.69) is 10.3 Å². The van der Waals surface area contributed by atoms with Crippen molar-refractivity contribution in [1.82, 2.24) is 14.6 Å². The van der Waals surface area contributed by atoms with Gasteiger partial charge in [-0.2, -0.15) is 17.5 Å². The molecule has 1 unspecified atom stereocenters. The molecule has 0 saturated carbocycles. The van der Waals surface area contributed by atoms with Gasteiger partial charge in [0.2, 0.25) is 10.0 Å². The van der Waals surface area contributed by atoms with Crippen LogP contribution in [0.3, 0.4) is 0 Å². The summed E-state index contributed by atoms with van der Waals surface area (Å²) in [4.78, 5) is 3.78. The number of aromatic nitrogens is 1. The van der Waals surface area contributed by atoms with Crippen LogP contribution in [0.15, 0.2) is 18.3 Å². The lowest BCUT2D eigenvalue weighted by atomic mass is 10.1. The van der Waals surface area contributed by atoms with E-state index in [1.807, 2.05) is 0 Å². The SMILES string of the molecule is CS(=O)(=O)N1CCNC(c2ccc(C(F)(F)F)cn2)C1.Cl. The Labute approximate surface area is 127 Å². The first-order valence-corrected chi connectivity index (χ1v) is 7.74. The number of rotatable bonds is 2. The van der Waals surface area contributed by atoms with Crippen molar-refractivity contribution in [3.63, 3.8) is 0 Å². The average molecular weight is 346 g/mol. The molecule has 1 aromatic heterocycles. The monoisotopic (exact) mass is 345 g/mol. The Hall–Kier alpha value is -0.900. The Bertz CT molecular complexity index is 577. The minimum absolute atomic E-state index is 0. The molecule has 1 fully saturated rings. The molecule has 5 nitrogen and oxygen atoms in total. The Morgan fingerprint density at radius 1 is 1.38 bits per heavy atom. The standard InChI is InChI=1S/C11H14F3N3O2S.ClH/c1-20(18,19)17-5-4-15-10(7-17)9-3-2-8(6-16-9)11(12,13)14;/h2-3,6,10,15H,4-5,7H2,1H3;1H.